The largest absolute Gasteiger partial charge is 0.488 e. The summed E-state index contributed by atoms with van der Waals surface area (Å²) in [5.74, 6) is 0.615. The fourth-order valence-electron chi connectivity index (χ4n) is 2.72. The van der Waals surface area contributed by atoms with Crippen LogP contribution in [0.25, 0.3) is 0 Å². The lowest BCUT2D eigenvalue weighted by Gasteiger charge is -2.23. The van der Waals surface area contributed by atoms with Gasteiger partial charge in [0, 0.05) is 33.4 Å². The van der Waals surface area contributed by atoms with Crippen LogP contribution in [0, 0.1) is 0 Å². The van der Waals surface area contributed by atoms with Crippen molar-refractivity contribution in [3.8, 4) is 5.75 Å². The van der Waals surface area contributed by atoms with Crippen LogP contribution < -0.4 is 15.4 Å². The van der Waals surface area contributed by atoms with Crippen LogP contribution >= 0.6 is 24.0 Å². The van der Waals surface area contributed by atoms with Crippen LogP contribution in [0.5, 0.6) is 5.75 Å². The molecule has 0 amide bonds. The molecule has 0 aliphatic heterocycles. The van der Waals surface area contributed by atoms with Gasteiger partial charge in [-0.2, -0.15) is 18.3 Å². The zero-order valence-corrected chi connectivity index (χ0v) is 20.1. The Bertz CT molecular complexity index is 844. The van der Waals surface area contributed by atoms with Gasteiger partial charge in [0.15, 0.2) is 5.96 Å². The van der Waals surface area contributed by atoms with E-state index in [1.54, 1.807) is 44.8 Å². The number of nitrogens with one attached hydrogen (secondary N) is 2. The Balaban J connectivity index is 0.00000450. The number of hydrogen-bond acceptors (Lipinski definition) is 3. The summed E-state index contributed by atoms with van der Waals surface area (Å²) in [6, 6.07) is 4.02. The first-order valence-corrected chi connectivity index (χ1v) is 9.29. The molecular formula is C20H29F3IN5O. The summed E-state index contributed by atoms with van der Waals surface area (Å²) < 4.78 is 47.9. The standard InChI is InChI=1S/C20H28F3N5O.HI/c1-19(2,3)29-16-7-6-15(17(10-16)20(21,22)23)12-26-18(24-4)25-9-8-14-11-27-28(5)13-14;/h6-7,10-11,13H,8-9,12H2,1-5H3,(H2,24,25,26);1H. The molecule has 168 valence electrons. The predicted molar refractivity (Wildman–Crippen MR) is 122 cm³/mol. The van der Waals surface area contributed by atoms with Gasteiger partial charge in [0.1, 0.15) is 11.4 Å². The van der Waals surface area contributed by atoms with E-state index in [9.17, 15) is 13.2 Å². The first kappa shape index (κ1) is 26.1. The summed E-state index contributed by atoms with van der Waals surface area (Å²) in [6.07, 6.45) is -0.0733. The number of aryl methyl sites for hydroxylation is 1. The maximum atomic E-state index is 13.5. The summed E-state index contributed by atoms with van der Waals surface area (Å²) >= 11 is 0. The number of ether oxygens (including phenoxy) is 1. The lowest BCUT2D eigenvalue weighted by atomic mass is 10.1. The fraction of sp³-hybridized carbons (Fsp3) is 0.500. The van der Waals surface area contributed by atoms with Gasteiger partial charge in [-0.05, 0) is 50.5 Å². The van der Waals surface area contributed by atoms with Crippen molar-refractivity contribution in [1.82, 2.24) is 20.4 Å². The topological polar surface area (TPSA) is 63.5 Å². The van der Waals surface area contributed by atoms with Crippen molar-refractivity contribution in [3.63, 3.8) is 0 Å². The number of alkyl halides is 3. The molecule has 6 nitrogen and oxygen atoms in total. The molecule has 2 rings (SSSR count). The molecule has 0 aliphatic rings. The predicted octanol–water partition coefficient (Wildman–Crippen LogP) is 4.14. The minimum absolute atomic E-state index is 0. The Morgan fingerprint density at radius 1 is 1.20 bits per heavy atom. The van der Waals surface area contributed by atoms with Gasteiger partial charge in [0.25, 0.3) is 0 Å². The van der Waals surface area contributed by atoms with Crippen molar-refractivity contribution in [2.24, 2.45) is 12.0 Å². The summed E-state index contributed by atoms with van der Waals surface area (Å²) in [5.41, 5.74) is -0.126. The third-order valence-electron chi connectivity index (χ3n) is 3.95. The molecule has 0 atom stereocenters. The third-order valence-corrected chi connectivity index (χ3v) is 3.95. The van der Waals surface area contributed by atoms with Crippen molar-refractivity contribution in [2.75, 3.05) is 13.6 Å². The molecule has 30 heavy (non-hydrogen) atoms. The Morgan fingerprint density at radius 3 is 2.43 bits per heavy atom. The number of halogens is 4. The van der Waals surface area contributed by atoms with Crippen LogP contribution in [0.15, 0.2) is 35.6 Å². The van der Waals surface area contributed by atoms with Crippen molar-refractivity contribution in [1.29, 1.82) is 0 Å². The lowest BCUT2D eigenvalue weighted by molar-refractivity contribution is -0.138. The van der Waals surface area contributed by atoms with Gasteiger partial charge in [0.05, 0.1) is 11.8 Å². The third kappa shape index (κ3) is 8.41. The van der Waals surface area contributed by atoms with Crippen LogP contribution in [-0.4, -0.2) is 34.9 Å². The molecule has 0 saturated carbocycles. The molecular weight excluding hydrogens is 510 g/mol. The highest BCUT2D eigenvalue weighted by Crippen LogP contribution is 2.35. The molecule has 1 aromatic carbocycles. The number of guanidine groups is 1. The fourth-order valence-corrected chi connectivity index (χ4v) is 2.72. The molecule has 0 spiro atoms. The average molecular weight is 539 g/mol. The maximum absolute atomic E-state index is 13.5. The molecule has 2 aromatic rings. The number of aliphatic imine (C=N–C) groups is 1. The second kappa shape index (κ2) is 10.9. The Labute approximate surface area is 192 Å². The van der Waals surface area contributed by atoms with Crippen molar-refractivity contribution >= 4 is 29.9 Å². The molecule has 2 N–H and O–H groups in total. The van der Waals surface area contributed by atoms with Gasteiger partial charge in [-0.25, -0.2) is 0 Å². The Kier molecular flexibility index (Phi) is 9.44. The van der Waals surface area contributed by atoms with Gasteiger partial charge in [-0.1, -0.05) is 6.07 Å². The second-order valence-electron chi connectivity index (χ2n) is 7.66. The first-order valence-electron chi connectivity index (χ1n) is 9.29. The highest BCUT2D eigenvalue weighted by Gasteiger charge is 2.34. The van der Waals surface area contributed by atoms with Crippen LogP contribution in [0.1, 0.15) is 37.5 Å². The summed E-state index contributed by atoms with van der Waals surface area (Å²) in [6.45, 7) is 5.93. The number of hydrogen-bond donors (Lipinski definition) is 2. The molecule has 0 fully saturated rings. The molecule has 0 aliphatic carbocycles. The van der Waals surface area contributed by atoms with Crippen LogP contribution in [0.4, 0.5) is 13.2 Å². The van der Waals surface area contributed by atoms with E-state index < -0.39 is 17.3 Å². The van der Waals surface area contributed by atoms with Crippen molar-refractivity contribution in [2.45, 2.75) is 45.5 Å². The molecule has 0 unspecified atom stereocenters. The average Bonchev–Trinajstić information content (AvgIpc) is 3.01. The van der Waals surface area contributed by atoms with Gasteiger partial charge in [-0.3, -0.25) is 9.67 Å². The quantitative estimate of drug-likeness (QED) is 0.329. The Hall–Kier alpha value is -1.98. The Morgan fingerprint density at radius 2 is 1.90 bits per heavy atom. The summed E-state index contributed by atoms with van der Waals surface area (Å²) in [7, 11) is 3.41. The van der Waals surface area contributed by atoms with Gasteiger partial charge >= 0.3 is 6.18 Å². The monoisotopic (exact) mass is 539 g/mol. The highest BCUT2D eigenvalue weighted by atomic mass is 127. The van der Waals surface area contributed by atoms with E-state index in [0.29, 0.717) is 12.5 Å². The number of nitrogens with zero attached hydrogens (tertiary/aromatic N) is 3. The summed E-state index contributed by atoms with van der Waals surface area (Å²) in [4.78, 5) is 4.07. The van der Waals surface area contributed by atoms with E-state index >= 15 is 0 Å². The van der Waals surface area contributed by atoms with E-state index in [4.69, 9.17) is 4.74 Å². The van der Waals surface area contributed by atoms with Crippen LogP contribution in [0.2, 0.25) is 0 Å². The smallest absolute Gasteiger partial charge is 0.416 e. The zero-order valence-electron chi connectivity index (χ0n) is 17.8. The van der Waals surface area contributed by atoms with Crippen molar-refractivity contribution < 1.29 is 17.9 Å². The molecule has 1 aromatic heterocycles. The minimum atomic E-state index is -4.48. The second-order valence-corrected chi connectivity index (χ2v) is 7.66. The van der Waals surface area contributed by atoms with E-state index in [1.165, 1.54) is 6.07 Å². The molecule has 0 bridgehead atoms. The molecule has 0 radical (unpaired) electrons. The van der Waals surface area contributed by atoms with Crippen LogP contribution in [0.3, 0.4) is 0 Å². The molecule has 1 heterocycles. The SMILES string of the molecule is CN=C(NCCc1cnn(C)c1)NCc1ccc(OC(C)(C)C)cc1C(F)(F)F.I. The lowest BCUT2D eigenvalue weighted by Crippen LogP contribution is -2.38. The van der Waals surface area contributed by atoms with E-state index in [2.05, 4.69) is 20.7 Å². The highest BCUT2D eigenvalue weighted by molar-refractivity contribution is 14.0. The molecule has 10 heteroatoms. The van der Waals surface area contributed by atoms with Gasteiger partial charge in [-0.15, -0.1) is 24.0 Å². The van der Waals surface area contributed by atoms with Gasteiger partial charge in [0.2, 0.25) is 0 Å². The number of rotatable bonds is 6. The van der Waals surface area contributed by atoms with E-state index in [0.717, 1.165) is 18.1 Å². The first-order chi connectivity index (χ1) is 13.5. The zero-order chi connectivity index (χ0) is 21.7. The van der Waals surface area contributed by atoms with E-state index in [1.807, 2.05) is 13.2 Å². The maximum Gasteiger partial charge on any atom is 0.416 e. The summed E-state index contributed by atoms with van der Waals surface area (Å²) in [5, 5.41) is 10.1. The normalized spacial score (nSPS) is 12.3. The van der Waals surface area contributed by atoms with Crippen molar-refractivity contribution in [3.05, 3.63) is 47.3 Å². The minimum Gasteiger partial charge on any atom is -0.488 e. The van der Waals surface area contributed by atoms with Crippen LogP contribution in [-0.2, 0) is 26.2 Å². The number of aromatic nitrogens is 2. The molecule has 0 saturated heterocycles. The number of benzene rings is 1. The van der Waals surface area contributed by atoms with Gasteiger partial charge < -0.3 is 15.4 Å². The van der Waals surface area contributed by atoms with E-state index in [-0.39, 0.29) is 41.8 Å².